The number of aromatic hydroxyl groups is 1. The second-order valence-electron chi connectivity index (χ2n) is 11.3. The number of fused-ring (bicyclic) bond motifs is 4. The molecule has 0 unspecified atom stereocenters. The minimum atomic E-state index is -1.67. The van der Waals surface area contributed by atoms with Crippen LogP contribution < -0.4 is 25.2 Å². The number of pyridine rings is 1. The van der Waals surface area contributed by atoms with Crippen LogP contribution in [0.1, 0.15) is 23.6 Å². The SMILES string of the molecule is COc1ccc(N2C(=O)NC(=O)[C@@](Cc3ccc(O)c(OC)c3)(CN3C[C@H]4C[C@H](C3)c3cccc(=O)n3C4)C2=O)cc1. The first-order valence-electron chi connectivity index (χ1n) is 13.8. The van der Waals surface area contributed by atoms with E-state index >= 15 is 0 Å². The maximum Gasteiger partial charge on any atom is 0.335 e. The smallest absolute Gasteiger partial charge is 0.335 e. The number of imide groups is 2. The molecule has 42 heavy (non-hydrogen) atoms. The molecule has 3 atom stereocenters. The van der Waals surface area contributed by atoms with Gasteiger partial charge in [-0.3, -0.25) is 19.7 Å². The number of phenolic OH excluding ortho intramolecular Hbond substituents is 1. The summed E-state index contributed by atoms with van der Waals surface area (Å²) in [5.74, 6) is -0.378. The number of likely N-dealkylation sites (tertiary alicyclic amines) is 1. The Morgan fingerprint density at radius 3 is 2.48 bits per heavy atom. The Balaban J connectivity index is 1.39. The van der Waals surface area contributed by atoms with Crippen molar-refractivity contribution < 1.29 is 29.0 Å². The number of amides is 4. The van der Waals surface area contributed by atoms with E-state index < -0.39 is 23.3 Å². The van der Waals surface area contributed by atoms with Crippen molar-refractivity contribution in [1.82, 2.24) is 14.8 Å². The monoisotopic (exact) mass is 572 g/mol. The molecule has 4 heterocycles. The maximum atomic E-state index is 14.5. The number of nitrogens with zero attached hydrogens (tertiary/aromatic N) is 3. The third-order valence-corrected chi connectivity index (χ3v) is 8.60. The molecule has 4 amide bonds. The van der Waals surface area contributed by atoms with E-state index in [0.717, 1.165) is 17.0 Å². The topological polar surface area (TPSA) is 130 Å². The Kier molecular flexibility index (Phi) is 6.97. The first-order valence-corrected chi connectivity index (χ1v) is 13.8. The number of benzene rings is 2. The van der Waals surface area contributed by atoms with Crippen LogP contribution in [0.3, 0.4) is 0 Å². The fourth-order valence-corrected chi connectivity index (χ4v) is 6.68. The molecule has 2 N–H and O–H groups in total. The summed E-state index contributed by atoms with van der Waals surface area (Å²) in [7, 11) is 2.94. The van der Waals surface area contributed by atoms with Gasteiger partial charge in [0, 0.05) is 43.9 Å². The van der Waals surface area contributed by atoms with Gasteiger partial charge in [-0.1, -0.05) is 12.1 Å². The number of hydrogen-bond acceptors (Lipinski definition) is 8. The number of piperidine rings is 1. The van der Waals surface area contributed by atoms with Crippen molar-refractivity contribution in [3.8, 4) is 17.2 Å². The van der Waals surface area contributed by atoms with Crippen molar-refractivity contribution in [1.29, 1.82) is 0 Å². The van der Waals surface area contributed by atoms with Crippen molar-refractivity contribution in [2.45, 2.75) is 25.3 Å². The molecule has 0 spiro atoms. The van der Waals surface area contributed by atoms with Gasteiger partial charge in [-0.05, 0) is 66.8 Å². The number of rotatable bonds is 7. The van der Waals surface area contributed by atoms with E-state index in [1.807, 2.05) is 10.6 Å². The van der Waals surface area contributed by atoms with E-state index in [4.69, 9.17) is 9.47 Å². The maximum absolute atomic E-state index is 14.5. The number of hydrogen-bond donors (Lipinski definition) is 2. The number of methoxy groups -OCH3 is 2. The fourth-order valence-electron chi connectivity index (χ4n) is 6.68. The Morgan fingerprint density at radius 2 is 1.74 bits per heavy atom. The standard InChI is InChI=1S/C31H32N4O7/c1-41-23-9-7-22(8-10-23)35-29(39)31(28(38)32-30(35)40,14-19-6-11-25(36)26(13-19)42-2)18-33-15-20-12-21(17-33)24-4-3-5-27(37)34(24)16-20/h3-11,13,20-21,36H,12,14-18H2,1-2H3,(H,32,38,40)/t20-,21-,31-/m1/s1. The average molecular weight is 573 g/mol. The average Bonchev–Trinajstić information content (AvgIpc) is 2.98. The summed E-state index contributed by atoms with van der Waals surface area (Å²) in [5, 5.41) is 12.6. The summed E-state index contributed by atoms with van der Waals surface area (Å²) < 4.78 is 12.3. The number of barbiturate groups is 1. The number of aromatic nitrogens is 1. The summed E-state index contributed by atoms with van der Waals surface area (Å²) in [5.41, 5.74) is 0.158. The zero-order chi connectivity index (χ0) is 29.6. The van der Waals surface area contributed by atoms with Gasteiger partial charge in [0.1, 0.15) is 11.2 Å². The predicted octanol–water partition coefficient (Wildman–Crippen LogP) is 2.50. The highest BCUT2D eigenvalue weighted by molar-refractivity contribution is 6.30. The van der Waals surface area contributed by atoms with E-state index in [9.17, 15) is 24.3 Å². The first kappa shape index (κ1) is 27.5. The molecule has 11 nitrogen and oxygen atoms in total. The number of urea groups is 1. The van der Waals surface area contributed by atoms with Crippen LogP contribution >= 0.6 is 0 Å². The van der Waals surface area contributed by atoms with E-state index in [-0.39, 0.29) is 41.9 Å². The molecule has 1 aromatic heterocycles. The van der Waals surface area contributed by atoms with Gasteiger partial charge < -0.3 is 24.0 Å². The third-order valence-electron chi connectivity index (χ3n) is 8.60. The van der Waals surface area contributed by atoms with Crippen molar-refractivity contribution in [2.75, 3.05) is 38.8 Å². The lowest BCUT2D eigenvalue weighted by atomic mass is 9.75. The second-order valence-corrected chi connectivity index (χ2v) is 11.3. The van der Waals surface area contributed by atoms with E-state index in [1.54, 1.807) is 48.5 Å². The number of phenols is 1. The quantitative estimate of drug-likeness (QED) is 0.413. The number of carbonyl (C=O) groups is 3. The molecular formula is C31H32N4O7. The molecule has 0 aliphatic carbocycles. The van der Waals surface area contributed by atoms with Crippen LogP contribution in [0.15, 0.2) is 65.5 Å². The molecule has 0 saturated carbocycles. The molecule has 2 aromatic carbocycles. The minimum Gasteiger partial charge on any atom is -0.504 e. The first-order chi connectivity index (χ1) is 20.2. The number of carbonyl (C=O) groups excluding carboxylic acids is 3. The van der Waals surface area contributed by atoms with Gasteiger partial charge in [0.05, 0.1) is 19.9 Å². The van der Waals surface area contributed by atoms with Crippen molar-refractivity contribution in [3.63, 3.8) is 0 Å². The lowest BCUT2D eigenvalue weighted by molar-refractivity contribution is -0.144. The molecule has 2 saturated heterocycles. The molecule has 0 radical (unpaired) electrons. The molecule has 218 valence electrons. The van der Waals surface area contributed by atoms with Gasteiger partial charge >= 0.3 is 6.03 Å². The van der Waals surface area contributed by atoms with Crippen LogP contribution in [-0.4, -0.2) is 66.3 Å². The van der Waals surface area contributed by atoms with Crippen LogP contribution in [0.2, 0.25) is 0 Å². The summed E-state index contributed by atoms with van der Waals surface area (Å²) in [4.78, 5) is 57.1. The van der Waals surface area contributed by atoms with Gasteiger partial charge in [0.25, 0.3) is 11.5 Å². The number of anilines is 1. The largest absolute Gasteiger partial charge is 0.504 e. The van der Waals surface area contributed by atoms with Crippen molar-refractivity contribution in [2.24, 2.45) is 11.3 Å². The second kappa shape index (κ2) is 10.6. The molecule has 3 aromatic rings. The van der Waals surface area contributed by atoms with E-state index in [2.05, 4.69) is 10.2 Å². The lowest BCUT2D eigenvalue weighted by Crippen LogP contribution is -2.68. The van der Waals surface area contributed by atoms with Crippen molar-refractivity contribution >= 4 is 23.5 Å². The van der Waals surface area contributed by atoms with Gasteiger partial charge in [0.15, 0.2) is 11.5 Å². The van der Waals surface area contributed by atoms with E-state index in [0.29, 0.717) is 36.6 Å². The van der Waals surface area contributed by atoms with Crippen LogP contribution in [-0.2, 0) is 22.6 Å². The molecular weight excluding hydrogens is 540 g/mol. The lowest BCUT2D eigenvalue weighted by Gasteiger charge is -2.47. The van der Waals surface area contributed by atoms with E-state index in [1.165, 1.54) is 20.3 Å². The Morgan fingerprint density at radius 1 is 0.952 bits per heavy atom. The molecule has 6 rings (SSSR count). The predicted molar refractivity (Wildman–Crippen MR) is 153 cm³/mol. The number of ether oxygens (including phenoxy) is 2. The Bertz CT molecular complexity index is 1620. The van der Waals surface area contributed by atoms with Crippen molar-refractivity contribution in [3.05, 3.63) is 82.3 Å². The highest BCUT2D eigenvalue weighted by atomic mass is 16.5. The van der Waals surface area contributed by atoms with Crippen LogP contribution in [0.5, 0.6) is 17.2 Å². The van der Waals surface area contributed by atoms with Crippen LogP contribution in [0.4, 0.5) is 10.5 Å². The Hall–Kier alpha value is -4.64. The van der Waals surface area contributed by atoms with Crippen LogP contribution in [0, 0.1) is 11.3 Å². The minimum absolute atomic E-state index is 0.0242. The molecule has 2 bridgehead atoms. The molecule has 11 heteroatoms. The molecule has 3 aliphatic rings. The molecule has 3 aliphatic heterocycles. The summed E-state index contributed by atoms with van der Waals surface area (Å²) in [6, 6.07) is 15.7. The van der Waals surface area contributed by atoms with Gasteiger partial charge in [-0.25, -0.2) is 9.69 Å². The zero-order valence-corrected chi connectivity index (χ0v) is 23.4. The fraction of sp³-hybridized carbons (Fsp3) is 0.355. The highest BCUT2D eigenvalue weighted by Crippen LogP contribution is 2.40. The third kappa shape index (κ3) is 4.69. The summed E-state index contributed by atoms with van der Waals surface area (Å²) >= 11 is 0. The summed E-state index contributed by atoms with van der Waals surface area (Å²) in [6.07, 6.45) is 0.884. The highest BCUT2D eigenvalue weighted by Gasteiger charge is 2.56. The molecule has 2 fully saturated rings. The normalized spacial score (nSPS) is 23.8. The Labute approximate surface area is 242 Å². The van der Waals surface area contributed by atoms with Crippen LogP contribution in [0.25, 0.3) is 0 Å². The zero-order valence-electron chi connectivity index (χ0n) is 23.4. The summed E-state index contributed by atoms with van der Waals surface area (Å²) in [6.45, 7) is 1.78. The van der Waals surface area contributed by atoms with Gasteiger partial charge in [-0.2, -0.15) is 0 Å². The number of nitrogens with one attached hydrogen (secondary N) is 1. The van der Waals surface area contributed by atoms with Gasteiger partial charge in [0.2, 0.25) is 5.91 Å². The van der Waals surface area contributed by atoms with Gasteiger partial charge in [-0.15, -0.1) is 0 Å².